The number of carbonyl (C=O) groups excluding carboxylic acids is 1. The number of ether oxygens (including phenoxy) is 1. The topological polar surface area (TPSA) is 88.3 Å². The predicted molar refractivity (Wildman–Crippen MR) is 88.2 cm³/mol. The van der Waals surface area contributed by atoms with Crippen LogP contribution in [0.4, 0.5) is 10.1 Å². The highest BCUT2D eigenvalue weighted by Gasteiger charge is 2.27. The van der Waals surface area contributed by atoms with E-state index in [4.69, 9.17) is 4.74 Å². The Morgan fingerprint density at radius 2 is 1.96 bits per heavy atom. The Morgan fingerprint density at radius 3 is 2.54 bits per heavy atom. The SMILES string of the molecule is CCOC(=O)c1[nH]c(C)c(S(=O)(=O)Nc2ccc(C)c(F)c2)c1C. The molecule has 0 aliphatic heterocycles. The summed E-state index contributed by atoms with van der Waals surface area (Å²) >= 11 is 0. The number of aromatic amines is 1. The summed E-state index contributed by atoms with van der Waals surface area (Å²) in [5, 5.41) is 0. The van der Waals surface area contributed by atoms with Crippen molar-refractivity contribution in [2.75, 3.05) is 11.3 Å². The van der Waals surface area contributed by atoms with Gasteiger partial charge in [0.15, 0.2) is 0 Å². The number of carbonyl (C=O) groups is 1. The maximum atomic E-state index is 13.6. The largest absolute Gasteiger partial charge is 0.461 e. The fraction of sp³-hybridized carbons (Fsp3) is 0.312. The second-order valence-corrected chi connectivity index (χ2v) is 6.99. The van der Waals surface area contributed by atoms with E-state index in [9.17, 15) is 17.6 Å². The van der Waals surface area contributed by atoms with Crippen molar-refractivity contribution in [3.63, 3.8) is 0 Å². The molecule has 0 radical (unpaired) electrons. The molecule has 0 spiro atoms. The van der Waals surface area contributed by atoms with E-state index in [1.165, 1.54) is 19.1 Å². The molecule has 0 unspecified atom stereocenters. The molecule has 0 saturated heterocycles. The summed E-state index contributed by atoms with van der Waals surface area (Å²) in [6.07, 6.45) is 0. The van der Waals surface area contributed by atoms with Crippen molar-refractivity contribution in [3.05, 3.63) is 46.5 Å². The zero-order valence-electron chi connectivity index (χ0n) is 13.9. The van der Waals surface area contributed by atoms with Crippen LogP contribution in [0.25, 0.3) is 0 Å². The van der Waals surface area contributed by atoms with E-state index in [2.05, 4.69) is 9.71 Å². The molecule has 0 fully saturated rings. The summed E-state index contributed by atoms with van der Waals surface area (Å²) in [5.74, 6) is -1.13. The van der Waals surface area contributed by atoms with Crippen LogP contribution < -0.4 is 4.72 Å². The van der Waals surface area contributed by atoms with Crippen LogP contribution in [0.15, 0.2) is 23.1 Å². The average Bonchev–Trinajstić information content (AvgIpc) is 2.78. The van der Waals surface area contributed by atoms with E-state index >= 15 is 0 Å². The third-order valence-corrected chi connectivity index (χ3v) is 5.20. The molecule has 2 aromatic rings. The van der Waals surface area contributed by atoms with E-state index in [1.54, 1.807) is 20.8 Å². The Balaban J connectivity index is 2.42. The monoisotopic (exact) mass is 354 g/mol. The van der Waals surface area contributed by atoms with Gasteiger partial charge in [-0.05, 0) is 45.4 Å². The Bertz CT molecular complexity index is 888. The lowest BCUT2D eigenvalue weighted by Crippen LogP contribution is -2.15. The Kier molecular flexibility index (Phi) is 4.98. The molecule has 0 aliphatic rings. The van der Waals surface area contributed by atoms with Crippen molar-refractivity contribution >= 4 is 21.7 Å². The molecule has 0 atom stereocenters. The van der Waals surface area contributed by atoms with E-state index in [-0.39, 0.29) is 28.4 Å². The minimum atomic E-state index is -3.99. The van der Waals surface area contributed by atoms with E-state index in [0.717, 1.165) is 6.07 Å². The second-order valence-electron chi connectivity index (χ2n) is 5.37. The van der Waals surface area contributed by atoms with Gasteiger partial charge in [-0.3, -0.25) is 4.72 Å². The number of hydrogen-bond acceptors (Lipinski definition) is 4. The molecule has 2 rings (SSSR count). The van der Waals surface area contributed by atoms with Crippen LogP contribution >= 0.6 is 0 Å². The lowest BCUT2D eigenvalue weighted by atomic mass is 10.2. The van der Waals surface area contributed by atoms with Gasteiger partial charge in [0.1, 0.15) is 16.4 Å². The molecular weight excluding hydrogens is 335 g/mol. The fourth-order valence-corrected chi connectivity index (χ4v) is 3.90. The lowest BCUT2D eigenvalue weighted by Gasteiger charge is -2.10. The molecular formula is C16H19FN2O4S. The standard InChI is InChI=1S/C16H19FN2O4S/c1-5-23-16(20)14-10(3)15(11(4)18-14)24(21,22)19-12-7-6-9(2)13(17)8-12/h6-8,18-19H,5H2,1-4H3. The number of sulfonamides is 1. The molecule has 0 bridgehead atoms. The molecule has 1 heterocycles. The van der Waals surface area contributed by atoms with Crippen molar-refractivity contribution < 1.29 is 22.3 Å². The molecule has 24 heavy (non-hydrogen) atoms. The highest BCUT2D eigenvalue weighted by molar-refractivity contribution is 7.92. The number of esters is 1. The van der Waals surface area contributed by atoms with Gasteiger partial charge in [-0.1, -0.05) is 6.07 Å². The quantitative estimate of drug-likeness (QED) is 0.808. The van der Waals surface area contributed by atoms with Crippen molar-refractivity contribution in [3.8, 4) is 0 Å². The zero-order chi connectivity index (χ0) is 18.1. The number of halogens is 1. The van der Waals surface area contributed by atoms with Crippen LogP contribution in [0.2, 0.25) is 0 Å². The maximum Gasteiger partial charge on any atom is 0.355 e. The molecule has 0 saturated carbocycles. The number of hydrogen-bond donors (Lipinski definition) is 2. The van der Waals surface area contributed by atoms with Crippen LogP contribution in [0.5, 0.6) is 0 Å². The molecule has 2 N–H and O–H groups in total. The first kappa shape index (κ1) is 18.0. The van der Waals surface area contributed by atoms with Gasteiger partial charge in [0.25, 0.3) is 10.0 Å². The number of H-pyrrole nitrogens is 1. The summed E-state index contributed by atoms with van der Waals surface area (Å²) in [6.45, 7) is 6.48. The first-order valence-corrected chi connectivity index (χ1v) is 8.81. The first-order valence-electron chi connectivity index (χ1n) is 7.32. The Labute approximate surface area is 140 Å². The Morgan fingerprint density at radius 1 is 1.29 bits per heavy atom. The van der Waals surface area contributed by atoms with Crippen LogP contribution in [-0.2, 0) is 14.8 Å². The zero-order valence-corrected chi connectivity index (χ0v) is 14.7. The number of benzene rings is 1. The molecule has 8 heteroatoms. The van der Waals surface area contributed by atoms with Crippen LogP contribution in [0.1, 0.15) is 34.2 Å². The van der Waals surface area contributed by atoms with Gasteiger partial charge in [-0.2, -0.15) is 0 Å². The van der Waals surface area contributed by atoms with E-state index in [0.29, 0.717) is 11.3 Å². The number of aryl methyl sites for hydroxylation is 2. The number of anilines is 1. The summed E-state index contributed by atoms with van der Waals surface area (Å²) in [6, 6.07) is 4.06. The van der Waals surface area contributed by atoms with Gasteiger partial charge in [0, 0.05) is 11.3 Å². The molecule has 1 aromatic carbocycles. The second kappa shape index (κ2) is 6.64. The van der Waals surface area contributed by atoms with Gasteiger partial charge in [-0.15, -0.1) is 0 Å². The van der Waals surface area contributed by atoms with Gasteiger partial charge in [0.05, 0.1) is 12.3 Å². The maximum absolute atomic E-state index is 13.6. The van der Waals surface area contributed by atoms with E-state index < -0.39 is 21.8 Å². The van der Waals surface area contributed by atoms with Gasteiger partial charge >= 0.3 is 5.97 Å². The minimum absolute atomic E-state index is 0.0495. The number of rotatable bonds is 5. The average molecular weight is 354 g/mol. The van der Waals surface area contributed by atoms with Crippen LogP contribution in [0.3, 0.4) is 0 Å². The lowest BCUT2D eigenvalue weighted by molar-refractivity contribution is 0.0519. The summed E-state index contributed by atoms with van der Waals surface area (Å²) in [4.78, 5) is 14.6. The third kappa shape index (κ3) is 3.43. The fourth-order valence-electron chi connectivity index (χ4n) is 2.41. The van der Waals surface area contributed by atoms with Gasteiger partial charge in [0.2, 0.25) is 0 Å². The van der Waals surface area contributed by atoms with Crippen LogP contribution in [0, 0.1) is 26.6 Å². The summed E-state index contributed by atoms with van der Waals surface area (Å²) in [7, 11) is -3.99. The smallest absolute Gasteiger partial charge is 0.355 e. The third-order valence-electron chi connectivity index (χ3n) is 3.54. The van der Waals surface area contributed by atoms with Crippen molar-refractivity contribution in [2.24, 2.45) is 0 Å². The number of aromatic nitrogens is 1. The number of nitrogens with one attached hydrogen (secondary N) is 2. The van der Waals surface area contributed by atoms with Crippen molar-refractivity contribution in [2.45, 2.75) is 32.6 Å². The highest BCUT2D eigenvalue weighted by atomic mass is 32.2. The molecule has 0 aliphatic carbocycles. The summed E-state index contributed by atoms with van der Waals surface area (Å²) in [5.41, 5.74) is 1.17. The van der Waals surface area contributed by atoms with Crippen molar-refractivity contribution in [1.82, 2.24) is 4.98 Å². The molecule has 0 amide bonds. The first-order chi connectivity index (χ1) is 11.2. The minimum Gasteiger partial charge on any atom is -0.461 e. The molecule has 1 aromatic heterocycles. The molecule has 130 valence electrons. The van der Waals surface area contributed by atoms with Gasteiger partial charge < -0.3 is 9.72 Å². The van der Waals surface area contributed by atoms with E-state index in [1.807, 2.05) is 0 Å². The highest BCUT2D eigenvalue weighted by Crippen LogP contribution is 2.26. The van der Waals surface area contributed by atoms with Gasteiger partial charge in [-0.25, -0.2) is 17.6 Å². The summed E-state index contributed by atoms with van der Waals surface area (Å²) < 4.78 is 46.1. The van der Waals surface area contributed by atoms with Crippen LogP contribution in [-0.4, -0.2) is 26.0 Å². The predicted octanol–water partition coefficient (Wildman–Crippen LogP) is 3.06. The molecule has 6 nitrogen and oxygen atoms in total. The van der Waals surface area contributed by atoms with Crippen molar-refractivity contribution in [1.29, 1.82) is 0 Å². The Hall–Kier alpha value is -2.35. The normalized spacial score (nSPS) is 11.4.